The fraction of sp³-hybridized carbons (Fsp3) is 0.125. The molecule has 0 spiro atoms. The minimum Gasteiger partial charge on any atom is -0.197 e. The van der Waals surface area contributed by atoms with Crippen LogP contribution in [0.15, 0.2) is 37.1 Å². The molecule has 0 fully saturated rings. The Labute approximate surface area is 70.1 Å². The minimum absolute atomic E-state index is 0.880. The molecule has 2 heterocycles. The molecule has 4 nitrogen and oxygen atoms in total. The van der Waals surface area contributed by atoms with E-state index in [2.05, 4.69) is 10.1 Å². The Balaban J connectivity index is 2.45. The molecule has 0 aliphatic heterocycles. The largest absolute Gasteiger partial charge is 0.236 e. The van der Waals surface area contributed by atoms with Crippen LogP contribution in [0.2, 0.25) is 0 Å². The summed E-state index contributed by atoms with van der Waals surface area (Å²) in [6.07, 6.45) is 5.35. The van der Waals surface area contributed by atoms with Gasteiger partial charge in [-0.05, 0) is 11.2 Å². The molecule has 0 atom stereocenters. The standard InChI is InChI=1S/C8H9N4/c1-11-7-12(6-10-11)8-4-2-3-5-9-8/h2-7H,1H3/q+1. The number of aromatic nitrogens is 4. The van der Waals surface area contributed by atoms with Crippen molar-refractivity contribution in [2.45, 2.75) is 0 Å². The molecule has 0 bridgehead atoms. The topological polar surface area (TPSA) is 34.6 Å². The lowest BCUT2D eigenvalue weighted by Crippen LogP contribution is -2.28. The molecule has 4 heteroatoms. The van der Waals surface area contributed by atoms with Gasteiger partial charge in [-0.15, -0.1) is 4.98 Å². The highest BCUT2D eigenvalue weighted by Crippen LogP contribution is 1.90. The van der Waals surface area contributed by atoms with Gasteiger partial charge in [-0.1, -0.05) is 6.07 Å². The Hall–Kier alpha value is -1.71. The van der Waals surface area contributed by atoms with E-state index in [1.165, 1.54) is 0 Å². The highest BCUT2D eigenvalue weighted by molar-refractivity contribution is 5.08. The van der Waals surface area contributed by atoms with Crippen molar-refractivity contribution in [3.8, 4) is 5.82 Å². The quantitative estimate of drug-likeness (QED) is 0.556. The molecule has 0 aliphatic carbocycles. The van der Waals surface area contributed by atoms with Crippen LogP contribution in [0.1, 0.15) is 0 Å². The third kappa shape index (κ3) is 1.18. The summed E-state index contributed by atoms with van der Waals surface area (Å²) < 4.78 is 3.59. The van der Waals surface area contributed by atoms with Crippen molar-refractivity contribution >= 4 is 0 Å². The van der Waals surface area contributed by atoms with E-state index in [1.807, 2.05) is 36.1 Å². The van der Waals surface area contributed by atoms with Crippen LogP contribution in [0.4, 0.5) is 0 Å². The van der Waals surface area contributed by atoms with Crippen molar-refractivity contribution in [2.75, 3.05) is 0 Å². The monoisotopic (exact) mass is 161 g/mol. The van der Waals surface area contributed by atoms with Crippen molar-refractivity contribution in [3.05, 3.63) is 37.1 Å². The van der Waals surface area contributed by atoms with Crippen LogP contribution in [-0.4, -0.2) is 14.8 Å². The van der Waals surface area contributed by atoms with E-state index < -0.39 is 0 Å². The van der Waals surface area contributed by atoms with E-state index >= 15 is 0 Å². The maximum atomic E-state index is 4.17. The number of hydrogen-bond acceptors (Lipinski definition) is 2. The molecule has 2 aromatic rings. The van der Waals surface area contributed by atoms with E-state index in [4.69, 9.17) is 0 Å². The predicted octanol–water partition coefficient (Wildman–Crippen LogP) is 0.0918. The van der Waals surface area contributed by atoms with Gasteiger partial charge in [-0.2, -0.15) is 9.25 Å². The highest BCUT2D eigenvalue weighted by atomic mass is 15.3. The molecule has 0 saturated heterocycles. The van der Waals surface area contributed by atoms with E-state index in [1.54, 1.807) is 17.2 Å². The normalized spacial score (nSPS) is 10.1. The number of hydrogen-bond donors (Lipinski definition) is 0. The fourth-order valence-corrected chi connectivity index (χ4v) is 1.00. The first-order chi connectivity index (χ1) is 5.86. The molecule has 0 amide bonds. The summed E-state index contributed by atoms with van der Waals surface area (Å²) in [6.45, 7) is 0. The Kier molecular flexibility index (Phi) is 1.59. The van der Waals surface area contributed by atoms with Gasteiger partial charge in [0.1, 0.15) is 0 Å². The van der Waals surface area contributed by atoms with E-state index in [9.17, 15) is 0 Å². The van der Waals surface area contributed by atoms with Gasteiger partial charge >= 0.3 is 0 Å². The third-order valence-electron chi connectivity index (χ3n) is 1.56. The predicted molar refractivity (Wildman–Crippen MR) is 42.5 cm³/mol. The number of rotatable bonds is 1. The molecule has 0 saturated carbocycles. The van der Waals surface area contributed by atoms with Crippen LogP contribution in [0.25, 0.3) is 5.82 Å². The maximum Gasteiger partial charge on any atom is 0.236 e. The lowest BCUT2D eigenvalue weighted by Gasteiger charge is -1.89. The van der Waals surface area contributed by atoms with Crippen LogP contribution in [0.3, 0.4) is 0 Å². The Morgan fingerprint density at radius 1 is 1.42 bits per heavy atom. The molecular weight excluding hydrogens is 152 g/mol. The average molecular weight is 161 g/mol. The van der Waals surface area contributed by atoms with Crippen molar-refractivity contribution in [3.63, 3.8) is 0 Å². The van der Waals surface area contributed by atoms with Crippen LogP contribution in [0.5, 0.6) is 0 Å². The summed E-state index contributed by atoms with van der Waals surface area (Å²) in [4.78, 5) is 4.17. The summed E-state index contributed by atoms with van der Waals surface area (Å²) >= 11 is 0. The van der Waals surface area contributed by atoms with Gasteiger partial charge in [0.25, 0.3) is 0 Å². The number of nitrogens with zero attached hydrogens (tertiary/aromatic N) is 4. The molecule has 60 valence electrons. The van der Waals surface area contributed by atoms with Crippen molar-refractivity contribution < 1.29 is 4.57 Å². The second-order valence-electron chi connectivity index (χ2n) is 2.52. The molecule has 12 heavy (non-hydrogen) atoms. The van der Waals surface area contributed by atoms with Gasteiger partial charge < -0.3 is 0 Å². The van der Waals surface area contributed by atoms with Gasteiger partial charge in [-0.3, -0.25) is 0 Å². The van der Waals surface area contributed by atoms with Crippen LogP contribution < -0.4 is 4.57 Å². The molecule has 2 aromatic heterocycles. The van der Waals surface area contributed by atoms with Crippen LogP contribution in [-0.2, 0) is 7.05 Å². The van der Waals surface area contributed by atoms with Crippen molar-refractivity contribution in [1.82, 2.24) is 14.8 Å². The Bertz CT molecular complexity index is 366. The number of aryl methyl sites for hydroxylation is 1. The van der Waals surface area contributed by atoms with Gasteiger partial charge in [0.15, 0.2) is 6.33 Å². The molecule has 2 rings (SSSR count). The summed E-state index contributed by atoms with van der Waals surface area (Å²) in [5.41, 5.74) is 0. The molecule has 0 aromatic carbocycles. The second-order valence-corrected chi connectivity index (χ2v) is 2.52. The molecule has 0 aliphatic rings. The second kappa shape index (κ2) is 2.73. The molecular formula is C8H9N4+. The third-order valence-corrected chi connectivity index (χ3v) is 1.56. The fourth-order valence-electron chi connectivity index (χ4n) is 1.00. The summed E-state index contributed by atoms with van der Waals surface area (Å²) in [6, 6.07) is 5.77. The SMILES string of the molecule is Cn1c[n+](-c2ccccn2)cn1. The maximum absolute atomic E-state index is 4.17. The molecule has 0 unspecified atom stereocenters. The lowest BCUT2D eigenvalue weighted by molar-refractivity contribution is -0.600. The number of pyridine rings is 1. The van der Waals surface area contributed by atoms with Gasteiger partial charge in [-0.25, -0.2) is 0 Å². The van der Waals surface area contributed by atoms with E-state index in [-0.39, 0.29) is 0 Å². The minimum atomic E-state index is 0.880. The highest BCUT2D eigenvalue weighted by Gasteiger charge is 2.03. The van der Waals surface area contributed by atoms with Gasteiger partial charge in [0, 0.05) is 6.07 Å². The summed E-state index contributed by atoms with van der Waals surface area (Å²) in [5, 5.41) is 4.03. The van der Waals surface area contributed by atoms with Gasteiger partial charge in [0.05, 0.1) is 13.2 Å². The smallest absolute Gasteiger partial charge is 0.197 e. The zero-order chi connectivity index (χ0) is 8.39. The van der Waals surface area contributed by atoms with Gasteiger partial charge in [0.2, 0.25) is 12.1 Å². The Morgan fingerprint density at radius 2 is 2.33 bits per heavy atom. The summed E-state index contributed by atoms with van der Waals surface area (Å²) in [7, 11) is 1.87. The van der Waals surface area contributed by atoms with Crippen molar-refractivity contribution in [2.24, 2.45) is 7.05 Å². The van der Waals surface area contributed by atoms with Crippen molar-refractivity contribution in [1.29, 1.82) is 0 Å². The first kappa shape index (κ1) is 6.97. The molecule has 0 N–H and O–H groups in total. The van der Waals surface area contributed by atoms with E-state index in [0.29, 0.717) is 0 Å². The lowest BCUT2D eigenvalue weighted by atomic mass is 10.5. The first-order valence-corrected chi connectivity index (χ1v) is 3.67. The molecule has 0 radical (unpaired) electrons. The zero-order valence-corrected chi connectivity index (χ0v) is 6.75. The zero-order valence-electron chi connectivity index (χ0n) is 6.75. The van der Waals surface area contributed by atoms with Crippen LogP contribution >= 0.6 is 0 Å². The Morgan fingerprint density at radius 3 is 2.92 bits per heavy atom. The first-order valence-electron chi connectivity index (χ1n) is 3.67. The summed E-state index contributed by atoms with van der Waals surface area (Å²) in [5.74, 6) is 0.880. The average Bonchev–Trinajstić information content (AvgIpc) is 2.54. The van der Waals surface area contributed by atoms with E-state index in [0.717, 1.165) is 5.82 Å². The van der Waals surface area contributed by atoms with Crippen LogP contribution in [0, 0.1) is 0 Å².